The molecule has 0 aliphatic rings. The monoisotopic (exact) mass is 1120 g/mol. The van der Waals surface area contributed by atoms with Gasteiger partial charge < -0.3 is 33.3 Å². The minimum Gasteiger partial charge on any atom is -0.545 e. The molecule has 9 nitrogen and oxygen atoms in total. The number of allylic oxidation sites excluding steroid dienone is 26. The number of unbranched alkanes of at least 4 members (excludes halogenated alkanes) is 15. The van der Waals surface area contributed by atoms with E-state index in [-0.39, 0.29) is 32.7 Å². The van der Waals surface area contributed by atoms with Crippen LogP contribution in [0.1, 0.15) is 219 Å². The van der Waals surface area contributed by atoms with Gasteiger partial charge in [0.05, 0.1) is 40.3 Å². The number of aliphatic carboxylic acids is 1. The molecule has 0 aromatic carbocycles. The quantitative estimate of drug-likeness (QED) is 0.0195. The number of carboxylic acid groups (broad SMARTS) is 1. The van der Waals surface area contributed by atoms with Gasteiger partial charge in [-0.05, 0) is 109 Å². The molecule has 0 radical (unpaired) electrons. The Morgan fingerprint density at radius 2 is 0.691 bits per heavy atom. The van der Waals surface area contributed by atoms with Gasteiger partial charge >= 0.3 is 11.9 Å². The van der Waals surface area contributed by atoms with E-state index in [9.17, 15) is 19.5 Å². The van der Waals surface area contributed by atoms with Crippen molar-refractivity contribution in [2.45, 2.75) is 232 Å². The van der Waals surface area contributed by atoms with Crippen LogP contribution >= 0.6 is 0 Å². The van der Waals surface area contributed by atoms with Crippen molar-refractivity contribution in [3.8, 4) is 0 Å². The first-order valence-electron chi connectivity index (χ1n) is 31.6. The lowest BCUT2D eigenvalue weighted by atomic mass is 10.0. The minimum absolute atomic E-state index is 0.129. The summed E-state index contributed by atoms with van der Waals surface area (Å²) in [6, 6.07) is 0. The Hall–Kier alpha value is -5.09. The maximum Gasteiger partial charge on any atom is 0.306 e. The number of rotatable bonds is 56. The lowest BCUT2D eigenvalue weighted by molar-refractivity contribution is -0.870. The Morgan fingerprint density at radius 1 is 0.370 bits per heavy atom. The van der Waals surface area contributed by atoms with Gasteiger partial charge in [-0.15, -0.1) is 0 Å². The van der Waals surface area contributed by atoms with Crippen molar-refractivity contribution in [1.29, 1.82) is 0 Å². The SMILES string of the molecule is CC/C=C\C/C=C\C/C=C\C/C=C\C/C=C\C/C=C\C/C=C\CCCCCCCCCCCCCCCCCC(=O)OC(COC(=O)CC/C=C\C/C=C\C/C=C\C/C=C\C/C=C\C/C=C\CC)COC(OCC[N+](C)(C)C)C(=O)[O-]. The maximum atomic E-state index is 12.9. The van der Waals surface area contributed by atoms with Crippen molar-refractivity contribution in [2.24, 2.45) is 0 Å². The Bertz CT molecular complexity index is 1880. The number of esters is 2. The van der Waals surface area contributed by atoms with E-state index in [0.717, 1.165) is 103 Å². The summed E-state index contributed by atoms with van der Waals surface area (Å²) in [5, 5.41) is 11.8. The molecule has 0 heterocycles. The molecule has 0 saturated carbocycles. The third-order valence-corrected chi connectivity index (χ3v) is 12.8. The molecule has 0 aromatic heterocycles. The van der Waals surface area contributed by atoms with Crippen LogP contribution in [0.25, 0.3) is 0 Å². The number of carbonyl (C=O) groups excluding carboxylic acids is 3. The molecule has 0 spiro atoms. The van der Waals surface area contributed by atoms with Crippen LogP contribution in [0.3, 0.4) is 0 Å². The van der Waals surface area contributed by atoms with Gasteiger partial charge in [0.15, 0.2) is 12.4 Å². The third kappa shape index (κ3) is 62.4. The molecule has 0 aliphatic heterocycles. The van der Waals surface area contributed by atoms with Crippen LogP contribution in [-0.4, -0.2) is 82.3 Å². The van der Waals surface area contributed by atoms with Gasteiger partial charge in [-0.1, -0.05) is 255 Å². The highest BCUT2D eigenvalue weighted by atomic mass is 16.7. The summed E-state index contributed by atoms with van der Waals surface area (Å²) in [6.07, 6.45) is 87.6. The number of likely N-dealkylation sites (N-methyl/N-ethyl adjacent to an activating group) is 1. The first kappa shape index (κ1) is 75.9. The number of carbonyl (C=O) groups is 3. The van der Waals surface area contributed by atoms with Crippen LogP contribution in [0.2, 0.25) is 0 Å². The van der Waals surface area contributed by atoms with E-state index in [2.05, 4.69) is 160 Å². The smallest absolute Gasteiger partial charge is 0.306 e. The second kappa shape index (κ2) is 61.0. The second-order valence-corrected chi connectivity index (χ2v) is 21.6. The van der Waals surface area contributed by atoms with E-state index in [1.165, 1.54) is 77.0 Å². The largest absolute Gasteiger partial charge is 0.545 e. The topological polar surface area (TPSA) is 111 Å². The van der Waals surface area contributed by atoms with Crippen molar-refractivity contribution >= 4 is 17.9 Å². The van der Waals surface area contributed by atoms with E-state index < -0.39 is 30.3 Å². The molecule has 0 fully saturated rings. The summed E-state index contributed by atoms with van der Waals surface area (Å²) in [4.78, 5) is 37.3. The zero-order valence-electron chi connectivity index (χ0n) is 51.8. The summed E-state index contributed by atoms with van der Waals surface area (Å²) in [5.74, 6) is -2.41. The van der Waals surface area contributed by atoms with Crippen molar-refractivity contribution in [3.05, 3.63) is 158 Å². The molecule has 0 amide bonds. The lowest BCUT2D eigenvalue weighted by Crippen LogP contribution is -2.44. The first-order valence-corrected chi connectivity index (χ1v) is 31.6. The molecule has 0 rings (SSSR count). The fourth-order valence-corrected chi connectivity index (χ4v) is 8.01. The van der Waals surface area contributed by atoms with E-state index in [1.807, 2.05) is 33.3 Å². The van der Waals surface area contributed by atoms with Crippen LogP contribution in [0, 0.1) is 0 Å². The zero-order chi connectivity index (χ0) is 59.1. The highest BCUT2D eigenvalue weighted by Gasteiger charge is 2.22. The molecule has 456 valence electrons. The van der Waals surface area contributed by atoms with E-state index in [0.29, 0.717) is 23.9 Å². The van der Waals surface area contributed by atoms with Crippen molar-refractivity contribution in [2.75, 3.05) is 47.5 Å². The first-order chi connectivity index (χ1) is 39.6. The molecule has 2 atom stereocenters. The van der Waals surface area contributed by atoms with Crippen LogP contribution in [0.5, 0.6) is 0 Å². The molecular formula is C72H115NO8. The Kier molecular flexibility index (Phi) is 57.2. The second-order valence-electron chi connectivity index (χ2n) is 21.6. The van der Waals surface area contributed by atoms with Crippen molar-refractivity contribution < 1.29 is 42.9 Å². The highest BCUT2D eigenvalue weighted by Crippen LogP contribution is 2.15. The Labute approximate surface area is 495 Å². The number of ether oxygens (including phenoxy) is 4. The average molecular weight is 1120 g/mol. The molecule has 81 heavy (non-hydrogen) atoms. The maximum absolute atomic E-state index is 12.9. The van der Waals surface area contributed by atoms with Gasteiger partial charge in [-0.25, -0.2) is 0 Å². The number of hydrogen-bond acceptors (Lipinski definition) is 8. The minimum atomic E-state index is -1.65. The van der Waals surface area contributed by atoms with E-state index >= 15 is 0 Å². The fraction of sp³-hybridized carbons (Fsp3) is 0.597. The zero-order valence-corrected chi connectivity index (χ0v) is 51.8. The Morgan fingerprint density at radius 3 is 1.04 bits per heavy atom. The van der Waals surface area contributed by atoms with E-state index in [4.69, 9.17) is 18.9 Å². The van der Waals surface area contributed by atoms with Gasteiger partial charge in [0.25, 0.3) is 0 Å². The number of carboxylic acids is 1. The molecule has 0 N–H and O–H groups in total. The molecule has 0 bridgehead atoms. The van der Waals surface area contributed by atoms with Crippen LogP contribution in [0.15, 0.2) is 158 Å². The highest BCUT2D eigenvalue weighted by molar-refractivity contribution is 5.70. The summed E-state index contributed by atoms with van der Waals surface area (Å²) in [5.41, 5.74) is 0. The van der Waals surface area contributed by atoms with Crippen LogP contribution in [-0.2, 0) is 33.3 Å². The fourth-order valence-electron chi connectivity index (χ4n) is 8.01. The molecule has 9 heteroatoms. The predicted octanol–water partition coefficient (Wildman–Crippen LogP) is 18.0. The predicted molar refractivity (Wildman–Crippen MR) is 342 cm³/mol. The summed E-state index contributed by atoms with van der Waals surface area (Å²) < 4.78 is 22.6. The van der Waals surface area contributed by atoms with Crippen LogP contribution in [0.4, 0.5) is 0 Å². The standard InChI is InChI=1S/C72H115NO8/c1-6-8-10-12-14-16-18-20-22-24-26-27-28-29-30-31-32-33-34-35-36-37-38-39-40-41-42-43-45-47-49-51-53-55-57-59-61-63-70(75)81-68(67-80-72(71(76)77)78-65-64-73(3,4)5)66-79-69(74)62-60-58-56-54-52-50-48-46-44-25-23-21-19-17-15-13-11-9-7-2/h8-11,14-17,20-23,26-27,29-30,32-33,35-36,44,46,50,52,56,58,68,72H,6-7,12-13,18-19,24-25,28,31,34,37-43,45,47-49,51,53-55,57,59-67H2,1-5H3/b10-8-,11-9-,16-14-,17-15-,22-20-,23-21-,27-26-,30-29-,33-32-,36-35-,46-44-,52-50-,58-56-. The number of quaternary nitrogens is 1. The van der Waals surface area contributed by atoms with Gasteiger partial charge in [0.2, 0.25) is 0 Å². The third-order valence-electron chi connectivity index (χ3n) is 12.8. The van der Waals surface area contributed by atoms with E-state index in [1.54, 1.807) is 0 Å². The normalized spacial score (nSPS) is 13.8. The van der Waals surface area contributed by atoms with Gasteiger partial charge in [0, 0.05) is 12.8 Å². The van der Waals surface area contributed by atoms with Crippen LogP contribution < -0.4 is 5.11 Å². The summed E-state index contributed by atoms with van der Waals surface area (Å²) >= 11 is 0. The molecule has 2 unspecified atom stereocenters. The van der Waals surface area contributed by atoms with Crippen molar-refractivity contribution in [1.82, 2.24) is 0 Å². The molecule has 0 saturated heterocycles. The molecular weight excluding hydrogens is 1010 g/mol. The lowest BCUT2D eigenvalue weighted by Gasteiger charge is -2.26. The molecule has 0 aliphatic carbocycles. The Balaban J connectivity index is 4.21. The summed E-state index contributed by atoms with van der Waals surface area (Å²) in [6.45, 7) is 4.41. The number of nitrogens with zero attached hydrogens (tertiary/aromatic N) is 1. The average Bonchev–Trinajstić information content (AvgIpc) is 3.44. The molecule has 0 aromatic rings. The van der Waals surface area contributed by atoms with Crippen molar-refractivity contribution in [3.63, 3.8) is 0 Å². The van der Waals surface area contributed by atoms with Gasteiger partial charge in [-0.2, -0.15) is 0 Å². The van der Waals surface area contributed by atoms with Gasteiger partial charge in [0.1, 0.15) is 13.2 Å². The van der Waals surface area contributed by atoms with Gasteiger partial charge in [-0.3, -0.25) is 9.59 Å². The number of hydrogen-bond donors (Lipinski definition) is 0. The summed E-state index contributed by atoms with van der Waals surface area (Å²) in [7, 11) is 5.89.